The molecule has 2 heterocycles. The van der Waals surface area contributed by atoms with Crippen molar-refractivity contribution in [2.45, 2.75) is 5.37 Å². The molecule has 0 bridgehead atoms. The van der Waals surface area contributed by atoms with Crippen LogP contribution in [0.1, 0.15) is 10.9 Å². The number of carbonyl (C=O) groups excluding carboxylic acids is 2. The van der Waals surface area contributed by atoms with Crippen molar-refractivity contribution in [3.8, 4) is 0 Å². The standard InChI is InChI=1S/C18H15N5O4S2/c24-15(21-18-20-12-6-2-4-8-14(12)29-18)9-19-22-16(25)10-28-17(22)11-5-1-3-7-13(11)23(26)27/h1-8,17,19H,9-10H2,(H,20,21,24). The van der Waals surface area contributed by atoms with Crippen LogP contribution < -0.4 is 10.7 Å². The lowest BCUT2D eigenvalue weighted by atomic mass is 10.1. The Morgan fingerprint density at radius 2 is 2.00 bits per heavy atom. The van der Waals surface area contributed by atoms with Gasteiger partial charge in [-0.3, -0.25) is 24.7 Å². The third kappa shape index (κ3) is 4.06. The maximum atomic E-state index is 12.3. The molecule has 2 aromatic carbocycles. The summed E-state index contributed by atoms with van der Waals surface area (Å²) in [6, 6.07) is 13.8. The Bertz CT molecular complexity index is 1070. The van der Waals surface area contributed by atoms with Crippen LogP contribution in [-0.2, 0) is 9.59 Å². The van der Waals surface area contributed by atoms with Crippen LogP contribution in [0.3, 0.4) is 0 Å². The third-order valence-corrected chi connectivity index (χ3v) is 6.36. The number of nitro groups is 1. The van der Waals surface area contributed by atoms with Gasteiger partial charge < -0.3 is 5.32 Å². The molecule has 1 saturated heterocycles. The normalized spacial score (nSPS) is 16.3. The molecule has 0 aliphatic carbocycles. The first-order chi connectivity index (χ1) is 14.0. The van der Waals surface area contributed by atoms with Gasteiger partial charge in [0.2, 0.25) is 11.8 Å². The van der Waals surface area contributed by atoms with E-state index in [9.17, 15) is 19.7 Å². The van der Waals surface area contributed by atoms with Crippen molar-refractivity contribution in [3.63, 3.8) is 0 Å². The highest BCUT2D eigenvalue weighted by Gasteiger charge is 2.36. The molecule has 1 aliphatic heterocycles. The zero-order chi connectivity index (χ0) is 20.4. The number of fused-ring (bicyclic) bond motifs is 1. The quantitative estimate of drug-likeness (QED) is 0.457. The summed E-state index contributed by atoms with van der Waals surface area (Å²) in [4.78, 5) is 39.7. The van der Waals surface area contributed by atoms with Gasteiger partial charge in [0.25, 0.3) is 5.69 Å². The van der Waals surface area contributed by atoms with Gasteiger partial charge in [-0.1, -0.05) is 35.6 Å². The van der Waals surface area contributed by atoms with Crippen LogP contribution in [-0.4, -0.2) is 39.0 Å². The van der Waals surface area contributed by atoms with E-state index in [1.54, 1.807) is 18.2 Å². The highest BCUT2D eigenvalue weighted by atomic mass is 32.2. The summed E-state index contributed by atoms with van der Waals surface area (Å²) < 4.78 is 0.957. The first kappa shape index (κ1) is 19.3. The van der Waals surface area contributed by atoms with Gasteiger partial charge in [-0.05, 0) is 18.2 Å². The van der Waals surface area contributed by atoms with E-state index in [0.717, 1.165) is 10.2 Å². The lowest BCUT2D eigenvalue weighted by Crippen LogP contribution is -2.44. The predicted molar refractivity (Wildman–Crippen MR) is 111 cm³/mol. The summed E-state index contributed by atoms with van der Waals surface area (Å²) in [5.41, 5.74) is 3.95. The molecule has 0 saturated carbocycles. The zero-order valence-corrected chi connectivity index (χ0v) is 16.5. The smallest absolute Gasteiger partial charge is 0.275 e. The van der Waals surface area contributed by atoms with Gasteiger partial charge in [0.1, 0.15) is 5.37 Å². The van der Waals surface area contributed by atoms with Crippen molar-refractivity contribution in [2.24, 2.45) is 0 Å². The second kappa shape index (κ2) is 8.15. The molecule has 3 aromatic rings. The molecule has 148 valence electrons. The molecule has 11 heteroatoms. The highest BCUT2D eigenvalue weighted by molar-refractivity contribution is 8.00. The minimum absolute atomic E-state index is 0.0644. The summed E-state index contributed by atoms with van der Waals surface area (Å²) in [6.45, 7) is -0.167. The monoisotopic (exact) mass is 429 g/mol. The molecule has 1 fully saturated rings. The fourth-order valence-corrected chi connectivity index (χ4v) is 4.98. The Kier molecular flexibility index (Phi) is 5.43. The number of aromatic nitrogens is 1. The van der Waals surface area contributed by atoms with Crippen molar-refractivity contribution in [1.82, 2.24) is 15.4 Å². The number of hydrazine groups is 1. The molecule has 1 atom stereocenters. The SMILES string of the molecule is O=C(CNN1C(=O)CSC1c1ccccc1[N+](=O)[O-])Nc1nc2ccccc2s1. The lowest BCUT2D eigenvalue weighted by Gasteiger charge is -2.24. The van der Waals surface area contributed by atoms with Gasteiger partial charge in [-0.2, -0.15) is 0 Å². The lowest BCUT2D eigenvalue weighted by molar-refractivity contribution is -0.385. The van der Waals surface area contributed by atoms with Crippen molar-refractivity contribution in [2.75, 3.05) is 17.6 Å². The minimum Gasteiger partial charge on any atom is -0.301 e. The molecule has 0 radical (unpaired) electrons. The van der Waals surface area contributed by atoms with E-state index in [1.165, 1.54) is 34.2 Å². The average Bonchev–Trinajstić information content (AvgIpc) is 3.28. The van der Waals surface area contributed by atoms with Crippen LogP contribution in [0.2, 0.25) is 0 Å². The Morgan fingerprint density at radius 3 is 2.79 bits per heavy atom. The van der Waals surface area contributed by atoms with E-state index in [1.807, 2.05) is 24.3 Å². The fraction of sp³-hybridized carbons (Fsp3) is 0.167. The summed E-state index contributed by atoms with van der Waals surface area (Å²) in [6.07, 6.45) is 0. The molecule has 1 aliphatic rings. The van der Waals surface area contributed by atoms with E-state index < -0.39 is 10.3 Å². The Balaban J connectivity index is 1.44. The molecular formula is C18H15N5O4S2. The first-order valence-corrected chi connectivity index (χ1v) is 10.5. The number of nitrogens with zero attached hydrogens (tertiary/aromatic N) is 3. The topological polar surface area (TPSA) is 117 Å². The molecule has 2 N–H and O–H groups in total. The number of para-hydroxylation sites is 2. The van der Waals surface area contributed by atoms with Crippen LogP contribution in [0.5, 0.6) is 0 Å². The van der Waals surface area contributed by atoms with Crippen LogP contribution in [0.4, 0.5) is 10.8 Å². The Morgan fingerprint density at radius 1 is 1.24 bits per heavy atom. The minimum atomic E-state index is -0.584. The zero-order valence-electron chi connectivity index (χ0n) is 14.9. The summed E-state index contributed by atoms with van der Waals surface area (Å²) in [7, 11) is 0. The van der Waals surface area contributed by atoms with Crippen molar-refractivity contribution in [3.05, 3.63) is 64.2 Å². The molecular weight excluding hydrogens is 414 g/mol. The summed E-state index contributed by atoms with van der Waals surface area (Å²) in [5, 5.41) is 15.2. The van der Waals surface area contributed by atoms with Crippen LogP contribution in [0, 0.1) is 10.1 Å². The third-order valence-electron chi connectivity index (χ3n) is 4.22. The largest absolute Gasteiger partial charge is 0.301 e. The van der Waals surface area contributed by atoms with E-state index in [0.29, 0.717) is 10.7 Å². The average molecular weight is 429 g/mol. The van der Waals surface area contributed by atoms with Crippen molar-refractivity contribution >= 4 is 55.9 Å². The number of nitro benzene ring substituents is 1. The Hall–Kier alpha value is -3.02. The van der Waals surface area contributed by atoms with Crippen LogP contribution in [0.25, 0.3) is 10.2 Å². The number of hydrogen-bond donors (Lipinski definition) is 2. The second-order valence-corrected chi connectivity index (χ2v) is 8.21. The second-order valence-electron chi connectivity index (χ2n) is 6.11. The van der Waals surface area contributed by atoms with Gasteiger partial charge >= 0.3 is 0 Å². The van der Waals surface area contributed by atoms with Gasteiger partial charge in [0.15, 0.2) is 5.13 Å². The molecule has 1 unspecified atom stereocenters. The fourth-order valence-electron chi connectivity index (χ4n) is 2.93. The molecule has 4 rings (SSSR count). The summed E-state index contributed by atoms with van der Waals surface area (Å²) in [5.74, 6) is -0.440. The number of hydrogen-bond acceptors (Lipinski definition) is 8. The molecule has 9 nitrogen and oxygen atoms in total. The van der Waals surface area contributed by atoms with Gasteiger partial charge in [-0.25, -0.2) is 10.4 Å². The maximum absolute atomic E-state index is 12.3. The van der Waals surface area contributed by atoms with E-state index >= 15 is 0 Å². The number of rotatable bonds is 6. The molecule has 29 heavy (non-hydrogen) atoms. The summed E-state index contributed by atoms with van der Waals surface area (Å²) >= 11 is 2.63. The number of nitrogens with one attached hydrogen (secondary N) is 2. The predicted octanol–water partition coefficient (Wildman–Crippen LogP) is 2.92. The Labute approximate surface area is 173 Å². The number of thiazole rings is 1. The maximum Gasteiger partial charge on any atom is 0.275 e. The van der Waals surface area contributed by atoms with E-state index in [2.05, 4.69) is 15.7 Å². The van der Waals surface area contributed by atoms with Crippen molar-refractivity contribution < 1.29 is 14.5 Å². The van der Waals surface area contributed by atoms with Crippen molar-refractivity contribution in [1.29, 1.82) is 0 Å². The van der Waals surface area contributed by atoms with Gasteiger partial charge in [0.05, 0.1) is 33.0 Å². The first-order valence-electron chi connectivity index (χ1n) is 8.59. The van der Waals surface area contributed by atoms with Gasteiger partial charge in [0, 0.05) is 6.07 Å². The number of benzene rings is 2. The van der Waals surface area contributed by atoms with E-state index in [-0.39, 0.29) is 29.8 Å². The molecule has 0 spiro atoms. The molecule has 1 aromatic heterocycles. The highest BCUT2D eigenvalue weighted by Crippen LogP contribution is 2.41. The number of thioether (sulfide) groups is 1. The van der Waals surface area contributed by atoms with Crippen LogP contribution >= 0.6 is 23.1 Å². The molecule has 2 amide bonds. The van der Waals surface area contributed by atoms with Gasteiger partial charge in [-0.15, -0.1) is 11.8 Å². The van der Waals surface area contributed by atoms with E-state index in [4.69, 9.17) is 0 Å². The number of carbonyl (C=O) groups is 2. The number of anilines is 1. The number of amides is 2. The van der Waals surface area contributed by atoms with Crippen LogP contribution in [0.15, 0.2) is 48.5 Å².